The number of hydrogen-bond acceptors (Lipinski definition) is 3. The van der Waals surface area contributed by atoms with E-state index in [9.17, 15) is 12.8 Å². The SMILES string of the molecule is CN1CC[C@H](CNS(=O)(=O)N(C)C)[C@H]1c1ccc(Cl)c(F)c1. The van der Waals surface area contributed by atoms with Crippen LogP contribution in [0.1, 0.15) is 18.0 Å². The Labute approximate surface area is 136 Å². The van der Waals surface area contributed by atoms with Crippen molar-refractivity contribution < 1.29 is 12.8 Å². The van der Waals surface area contributed by atoms with Crippen LogP contribution in [0.3, 0.4) is 0 Å². The lowest BCUT2D eigenvalue weighted by Crippen LogP contribution is -2.39. The summed E-state index contributed by atoms with van der Waals surface area (Å²) in [7, 11) is 1.46. The molecule has 0 spiro atoms. The molecule has 2 atom stereocenters. The molecule has 0 unspecified atom stereocenters. The molecule has 2 rings (SSSR count). The van der Waals surface area contributed by atoms with Crippen molar-refractivity contribution in [1.82, 2.24) is 13.9 Å². The smallest absolute Gasteiger partial charge is 0.278 e. The Morgan fingerprint density at radius 3 is 2.73 bits per heavy atom. The fourth-order valence-corrected chi connectivity index (χ4v) is 3.60. The van der Waals surface area contributed by atoms with E-state index < -0.39 is 16.0 Å². The molecule has 1 aliphatic heterocycles. The van der Waals surface area contributed by atoms with E-state index >= 15 is 0 Å². The Morgan fingerprint density at radius 2 is 2.14 bits per heavy atom. The van der Waals surface area contributed by atoms with E-state index in [0.29, 0.717) is 6.54 Å². The average molecular weight is 350 g/mol. The van der Waals surface area contributed by atoms with Crippen molar-refractivity contribution >= 4 is 21.8 Å². The standard InChI is InChI=1S/C14H21ClFN3O2S/c1-18(2)22(20,21)17-9-11-6-7-19(3)14(11)10-4-5-12(15)13(16)8-10/h4-5,8,11,14,17H,6-7,9H2,1-3H3/t11-,14-/m1/s1. The van der Waals surface area contributed by atoms with Crippen LogP contribution < -0.4 is 4.72 Å². The van der Waals surface area contributed by atoms with Gasteiger partial charge in [-0.1, -0.05) is 17.7 Å². The molecule has 1 saturated heterocycles. The molecule has 5 nitrogen and oxygen atoms in total. The van der Waals surface area contributed by atoms with E-state index in [1.165, 1.54) is 20.2 Å². The maximum absolute atomic E-state index is 13.7. The Kier molecular flexibility index (Phi) is 5.45. The molecule has 8 heteroatoms. The highest BCUT2D eigenvalue weighted by Gasteiger charge is 2.34. The summed E-state index contributed by atoms with van der Waals surface area (Å²) in [5.74, 6) is -0.368. The van der Waals surface area contributed by atoms with Crippen molar-refractivity contribution in [1.29, 1.82) is 0 Å². The number of halogens is 2. The monoisotopic (exact) mass is 349 g/mol. The second-order valence-corrected chi connectivity index (χ2v) is 8.16. The van der Waals surface area contributed by atoms with Crippen LogP contribution in [0.2, 0.25) is 5.02 Å². The van der Waals surface area contributed by atoms with Crippen LogP contribution in [0.25, 0.3) is 0 Å². The fourth-order valence-electron chi connectivity index (χ4n) is 2.80. The molecule has 0 radical (unpaired) electrons. The van der Waals surface area contributed by atoms with Gasteiger partial charge in [-0.3, -0.25) is 4.90 Å². The molecule has 1 heterocycles. The number of benzene rings is 1. The van der Waals surface area contributed by atoms with Crippen LogP contribution in [-0.2, 0) is 10.2 Å². The molecule has 0 aromatic heterocycles. The molecule has 1 aliphatic rings. The first-order valence-electron chi connectivity index (χ1n) is 7.04. The van der Waals surface area contributed by atoms with Gasteiger partial charge in [0, 0.05) is 26.7 Å². The molecule has 124 valence electrons. The molecule has 1 aromatic rings. The van der Waals surface area contributed by atoms with Gasteiger partial charge in [0.25, 0.3) is 10.2 Å². The molecule has 0 bridgehead atoms. The third kappa shape index (κ3) is 3.78. The van der Waals surface area contributed by atoms with Crippen molar-refractivity contribution in [3.63, 3.8) is 0 Å². The van der Waals surface area contributed by atoms with Gasteiger partial charge in [0.2, 0.25) is 0 Å². The number of rotatable bonds is 5. The molecule has 0 aliphatic carbocycles. The third-order valence-electron chi connectivity index (χ3n) is 4.07. The summed E-state index contributed by atoms with van der Waals surface area (Å²) in [6, 6.07) is 4.74. The minimum Gasteiger partial charge on any atom is -0.299 e. The number of nitrogens with one attached hydrogen (secondary N) is 1. The highest BCUT2D eigenvalue weighted by Crippen LogP contribution is 2.36. The van der Waals surface area contributed by atoms with Crippen LogP contribution in [-0.4, -0.2) is 51.9 Å². The van der Waals surface area contributed by atoms with Gasteiger partial charge >= 0.3 is 0 Å². The predicted octanol–water partition coefficient (Wildman–Crippen LogP) is 1.87. The normalized spacial score (nSPS) is 23.4. The second-order valence-electron chi connectivity index (χ2n) is 5.78. The van der Waals surface area contributed by atoms with Crippen LogP contribution in [0.4, 0.5) is 4.39 Å². The molecular formula is C14H21ClFN3O2S. The Bertz CT molecular complexity index is 639. The Morgan fingerprint density at radius 1 is 1.45 bits per heavy atom. The quantitative estimate of drug-likeness (QED) is 0.883. The zero-order valence-electron chi connectivity index (χ0n) is 12.9. The summed E-state index contributed by atoms with van der Waals surface area (Å²) >= 11 is 5.73. The lowest BCUT2D eigenvalue weighted by atomic mass is 9.94. The maximum atomic E-state index is 13.7. The third-order valence-corrected chi connectivity index (χ3v) is 5.87. The van der Waals surface area contributed by atoms with E-state index in [-0.39, 0.29) is 17.0 Å². The lowest BCUT2D eigenvalue weighted by molar-refractivity contribution is 0.275. The summed E-state index contributed by atoms with van der Waals surface area (Å²) in [6.07, 6.45) is 0.849. The topological polar surface area (TPSA) is 52.7 Å². The molecule has 22 heavy (non-hydrogen) atoms. The van der Waals surface area contributed by atoms with Crippen molar-refractivity contribution in [3.05, 3.63) is 34.6 Å². The van der Waals surface area contributed by atoms with E-state index in [2.05, 4.69) is 9.62 Å². The van der Waals surface area contributed by atoms with Gasteiger partial charge in [-0.15, -0.1) is 0 Å². The van der Waals surface area contributed by atoms with Gasteiger partial charge in [-0.25, -0.2) is 9.11 Å². The van der Waals surface area contributed by atoms with Gasteiger partial charge in [0.05, 0.1) is 5.02 Å². The van der Waals surface area contributed by atoms with Crippen molar-refractivity contribution in [2.45, 2.75) is 12.5 Å². The van der Waals surface area contributed by atoms with Crippen molar-refractivity contribution in [2.24, 2.45) is 5.92 Å². The first kappa shape index (κ1) is 17.6. The van der Waals surface area contributed by atoms with E-state index in [1.807, 2.05) is 7.05 Å². The second kappa shape index (κ2) is 6.80. The van der Waals surface area contributed by atoms with E-state index in [1.54, 1.807) is 12.1 Å². The number of nitrogens with zero attached hydrogens (tertiary/aromatic N) is 2. The van der Waals surface area contributed by atoms with Gasteiger partial charge in [-0.2, -0.15) is 12.7 Å². The highest BCUT2D eigenvalue weighted by atomic mass is 35.5. The molecule has 0 saturated carbocycles. The first-order valence-corrected chi connectivity index (χ1v) is 8.86. The molecular weight excluding hydrogens is 329 g/mol. The van der Waals surface area contributed by atoms with Gasteiger partial charge in [0.1, 0.15) is 5.82 Å². The van der Waals surface area contributed by atoms with Crippen LogP contribution in [0.15, 0.2) is 18.2 Å². The van der Waals surface area contributed by atoms with Crippen LogP contribution in [0.5, 0.6) is 0 Å². The molecule has 1 N–H and O–H groups in total. The number of likely N-dealkylation sites (tertiary alicyclic amines) is 1. The van der Waals surface area contributed by atoms with Gasteiger partial charge in [-0.05, 0) is 43.6 Å². The number of hydrogen-bond donors (Lipinski definition) is 1. The summed E-state index contributed by atoms with van der Waals surface area (Å²) in [5, 5.41) is 0.0919. The summed E-state index contributed by atoms with van der Waals surface area (Å²) in [5.41, 5.74) is 0.816. The average Bonchev–Trinajstić information content (AvgIpc) is 2.81. The minimum atomic E-state index is -3.45. The summed E-state index contributed by atoms with van der Waals surface area (Å²) in [6.45, 7) is 1.16. The zero-order chi connectivity index (χ0) is 16.5. The van der Waals surface area contributed by atoms with Gasteiger partial charge in [0.15, 0.2) is 0 Å². The highest BCUT2D eigenvalue weighted by molar-refractivity contribution is 7.87. The molecule has 0 amide bonds. The van der Waals surface area contributed by atoms with Crippen LogP contribution in [0, 0.1) is 11.7 Å². The van der Waals surface area contributed by atoms with Crippen LogP contribution >= 0.6 is 11.6 Å². The van der Waals surface area contributed by atoms with E-state index in [4.69, 9.17) is 11.6 Å². The summed E-state index contributed by atoms with van der Waals surface area (Å²) in [4.78, 5) is 2.11. The Hall–Kier alpha value is -0.730. The maximum Gasteiger partial charge on any atom is 0.278 e. The summed E-state index contributed by atoms with van der Waals surface area (Å²) < 4.78 is 41.1. The van der Waals surface area contributed by atoms with E-state index in [0.717, 1.165) is 22.8 Å². The van der Waals surface area contributed by atoms with Crippen molar-refractivity contribution in [2.75, 3.05) is 34.2 Å². The lowest BCUT2D eigenvalue weighted by Gasteiger charge is -2.26. The van der Waals surface area contributed by atoms with Gasteiger partial charge < -0.3 is 0 Å². The largest absolute Gasteiger partial charge is 0.299 e. The van der Waals surface area contributed by atoms with Crippen molar-refractivity contribution in [3.8, 4) is 0 Å². The molecule has 1 fully saturated rings. The Balaban J connectivity index is 2.16. The fraction of sp³-hybridized carbons (Fsp3) is 0.571. The molecule has 1 aromatic carbocycles. The zero-order valence-corrected chi connectivity index (χ0v) is 14.5. The minimum absolute atomic E-state index is 0.0309. The first-order chi connectivity index (χ1) is 10.2. The predicted molar refractivity (Wildman–Crippen MR) is 85.5 cm³/mol.